The van der Waals surface area contributed by atoms with Crippen molar-refractivity contribution in [3.05, 3.63) is 27.7 Å². The number of amides is 2. The molecule has 2 aliphatic heterocycles. The zero-order valence-electron chi connectivity index (χ0n) is 20.9. The first-order chi connectivity index (χ1) is 16.3. The van der Waals surface area contributed by atoms with E-state index in [9.17, 15) is 9.59 Å². The normalized spacial score (nSPS) is 27.4. The van der Waals surface area contributed by atoms with Crippen LogP contribution in [0, 0.1) is 11.8 Å². The molecular weight excluding hydrogens is 491 g/mol. The predicted octanol–water partition coefficient (Wildman–Crippen LogP) is 4.08. The smallest absolute Gasteiger partial charge is 0.231 e. The Bertz CT molecular complexity index is 1060. The molecule has 35 heavy (non-hydrogen) atoms. The molecule has 0 bridgehead atoms. The molecule has 1 aromatic carbocycles. The number of methoxy groups -OCH3 is 1. The van der Waals surface area contributed by atoms with Crippen molar-refractivity contribution in [1.29, 1.82) is 0 Å². The minimum Gasteiger partial charge on any atom is -0.486 e. The third kappa shape index (κ3) is 5.54. The van der Waals surface area contributed by atoms with Crippen LogP contribution in [-0.4, -0.2) is 53.6 Å². The van der Waals surface area contributed by atoms with E-state index in [1.807, 2.05) is 27.7 Å². The van der Waals surface area contributed by atoms with E-state index in [1.54, 1.807) is 24.1 Å². The summed E-state index contributed by atoms with van der Waals surface area (Å²) >= 11 is 12.7. The lowest BCUT2D eigenvalue weighted by Gasteiger charge is -2.39. The average Bonchev–Trinajstić information content (AvgIpc) is 3.50. The van der Waals surface area contributed by atoms with Crippen LogP contribution in [0.25, 0.3) is 0 Å². The van der Waals surface area contributed by atoms with E-state index in [1.165, 1.54) is 0 Å². The molecule has 8 nitrogen and oxygen atoms in total. The summed E-state index contributed by atoms with van der Waals surface area (Å²) in [6.45, 7) is 8.16. The first kappa shape index (κ1) is 26.0. The maximum Gasteiger partial charge on any atom is 0.231 e. The summed E-state index contributed by atoms with van der Waals surface area (Å²) < 4.78 is 11.4. The number of nitrogens with two attached hydrogens (primary N) is 1. The van der Waals surface area contributed by atoms with E-state index in [4.69, 9.17) is 38.4 Å². The lowest BCUT2D eigenvalue weighted by Crippen LogP contribution is -2.55. The molecule has 0 radical (unpaired) electrons. The highest BCUT2D eigenvalue weighted by molar-refractivity contribution is 6.35. The Balaban J connectivity index is 1.53. The van der Waals surface area contributed by atoms with Crippen molar-refractivity contribution in [2.75, 3.05) is 13.7 Å². The van der Waals surface area contributed by atoms with Gasteiger partial charge in [-0.1, -0.05) is 23.2 Å². The highest BCUT2D eigenvalue weighted by Gasteiger charge is 2.52. The van der Waals surface area contributed by atoms with E-state index in [0.717, 1.165) is 5.56 Å². The molecule has 10 heteroatoms. The molecule has 4 rings (SSSR count). The Labute approximate surface area is 216 Å². The first-order valence-corrected chi connectivity index (χ1v) is 12.7. The van der Waals surface area contributed by atoms with Crippen LogP contribution < -0.4 is 15.8 Å². The number of fused-ring (bicyclic) bond motifs is 1. The van der Waals surface area contributed by atoms with Crippen molar-refractivity contribution < 1.29 is 19.1 Å². The first-order valence-electron chi connectivity index (χ1n) is 12.0. The Morgan fingerprint density at radius 1 is 1.34 bits per heavy atom. The fraction of sp³-hybridized carbons (Fsp3) is 0.640. The molecule has 3 aliphatic rings. The third-order valence-corrected chi connectivity index (χ3v) is 7.44. The number of ether oxygens (including phenoxy) is 2. The second-order valence-electron chi connectivity index (χ2n) is 11.0. The average molecular weight is 525 g/mol. The Morgan fingerprint density at radius 2 is 2.06 bits per heavy atom. The van der Waals surface area contributed by atoms with E-state index in [2.05, 4.69) is 10.3 Å². The van der Waals surface area contributed by atoms with Gasteiger partial charge in [-0.3, -0.25) is 14.5 Å². The molecule has 4 atom stereocenters. The molecular formula is C25H34Cl2N4O4. The summed E-state index contributed by atoms with van der Waals surface area (Å²) in [5, 5.41) is 4.10. The van der Waals surface area contributed by atoms with Crippen LogP contribution in [-0.2, 0) is 14.3 Å². The molecule has 2 heterocycles. The lowest BCUT2D eigenvalue weighted by atomic mass is 9.89. The van der Waals surface area contributed by atoms with Crippen molar-refractivity contribution in [1.82, 2.24) is 10.2 Å². The van der Waals surface area contributed by atoms with Crippen molar-refractivity contribution in [3.8, 4) is 5.75 Å². The van der Waals surface area contributed by atoms with E-state index in [0.29, 0.717) is 41.7 Å². The summed E-state index contributed by atoms with van der Waals surface area (Å²) in [6.07, 6.45) is 2.09. The maximum absolute atomic E-state index is 13.4. The van der Waals surface area contributed by atoms with Gasteiger partial charge in [-0.05, 0) is 58.6 Å². The van der Waals surface area contributed by atoms with Crippen molar-refractivity contribution in [3.63, 3.8) is 0 Å². The second-order valence-corrected chi connectivity index (χ2v) is 11.9. The number of aliphatic imine (C=N–C) groups is 1. The summed E-state index contributed by atoms with van der Waals surface area (Å²) in [7, 11) is 1.62. The minimum atomic E-state index is -0.532. The number of carbonyl (C=O) groups is 2. The molecule has 1 fully saturated rings. The topological polar surface area (TPSA) is 106 Å². The quantitative estimate of drug-likeness (QED) is 0.558. The lowest BCUT2D eigenvalue weighted by molar-refractivity contribution is -0.132. The van der Waals surface area contributed by atoms with Crippen LogP contribution >= 0.6 is 23.2 Å². The van der Waals surface area contributed by atoms with Crippen LogP contribution in [0.15, 0.2) is 17.1 Å². The number of rotatable bonds is 7. The number of carbonyl (C=O) groups excluding carboxylic acids is 2. The molecule has 1 aliphatic carbocycles. The maximum atomic E-state index is 13.4. The van der Waals surface area contributed by atoms with Gasteiger partial charge in [0.15, 0.2) is 5.96 Å². The number of guanidine groups is 1. The van der Waals surface area contributed by atoms with Gasteiger partial charge in [0.2, 0.25) is 11.8 Å². The van der Waals surface area contributed by atoms with Crippen molar-refractivity contribution in [2.45, 2.75) is 76.6 Å². The number of benzene rings is 1. The standard InChI is InChI=1S/C25H34Cl2N4O4/c1-24(2)12-20(32)31(23(28)30-24)19(6-7-34-5)14-10-15(14)22(33)29-18-11-25(3,4)35-21-16(18)8-13(26)9-17(21)27/h8-9,14-15,18-19H,6-7,10-12H2,1-5H3,(H2,28,30)(H,29,33). The van der Waals surface area contributed by atoms with Crippen molar-refractivity contribution >= 4 is 41.0 Å². The summed E-state index contributed by atoms with van der Waals surface area (Å²) in [5.41, 5.74) is 5.97. The number of nitrogens with one attached hydrogen (secondary N) is 1. The molecule has 4 unspecified atom stereocenters. The van der Waals surface area contributed by atoms with Gasteiger partial charge in [-0.25, -0.2) is 4.99 Å². The van der Waals surface area contributed by atoms with E-state index >= 15 is 0 Å². The third-order valence-electron chi connectivity index (χ3n) is 6.94. The second kappa shape index (κ2) is 9.45. The van der Waals surface area contributed by atoms with Gasteiger partial charge in [0.1, 0.15) is 11.4 Å². The Hall–Kier alpha value is -2.03. The number of halogens is 2. The molecule has 1 aromatic rings. The molecule has 0 aromatic heterocycles. The predicted molar refractivity (Wildman–Crippen MR) is 136 cm³/mol. The Kier molecular flexibility index (Phi) is 7.03. The molecule has 1 saturated carbocycles. The fourth-order valence-electron chi connectivity index (χ4n) is 5.33. The molecule has 2 amide bonds. The summed E-state index contributed by atoms with van der Waals surface area (Å²) in [4.78, 5) is 32.5. The summed E-state index contributed by atoms with van der Waals surface area (Å²) in [6, 6.07) is 2.89. The largest absolute Gasteiger partial charge is 0.486 e. The monoisotopic (exact) mass is 524 g/mol. The number of hydrogen-bond donors (Lipinski definition) is 2. The minimum absolute atomic E-state index is 0.0284. The molecule has 3 N–H and O–H groups in total. The van der Waals surface area contributed by atoms with Crippen molar-refractivity contribution in [2.24, 2.45) is 22.6 Å². The van der Waals surface area contributed by atoms with E-state index < -0.39 is 11.1 Å². The molecule has 0 spiro atoms. The zero-order valence-corrected chi connectivity index (χ0v) is 22.4. The fourth-order valence-corrected chi connectivity index (χ4v) is 5.88. The SMILES string of the molecule is COCCC(C1CC1C(=O)NC1CC(C)(C)Oc2c(Cl)cc(Cl)cc21)N1C(=O)CC(C)(C)N=C1N. The molecule has 192 valence electrons. The van der Waals surface area contributed by atoms with Gasteiger partial charge in [0.05, 0.1) is 23.0 Å². The number of nitrogens with zero attached hydrogens (tertiary/aromatic N) is 2. The van der Waals surface area contributed by atoms with Gasteiger partial charge in [0, 0.05) is 42.7 Å². The van der Waals surface area contributed by atoms with Gasteiger partial charge in [-0.15, -0.1) is 0 Å². The summed E-state index contributed by atoms with van der Waals surface area (Å²) in [5.74, 6) is 0.355. The number of hydrogen-bond acceptors (Lipinski definition) is 6. The molecule has 0 saturated heterocycles. The van der Waals surface area contributed by atoms with Gasteiger partial charge < -0.3 is 20.5 Å². The Morgan fingerprint density at radius 3 is 2.71 bits per heavy atom. The van der Waals surface area contributed by atoms with Crippen LogP contribution in [0.3, 0.4) is 0 Å². The van der Waals surface area contributed by atoms with Gasteiger partial charge in [0.25, 0.3) is 0 Å². The van der Waals surface area contributed by atoms with Gasteiger partial charge in [-0.2, -0.15) is 0 Å². The van der Waals surface area contributed by atoms with Crippen LogP contribution in [0.4, 0.5) is 0 Å². The highest BCUT2D eigenvalue weighted by atomic mass is 35.5. The van der Waals surface area contributed by atoms with E-state index in [-0.39, 0.29) is 48.1 Å². The highest BCUT2D eigenvalue weighted by Crippen LogP contribution is 2.48. The van der Waals surface area contributed by atoms with Crippen LogP contribution in [0.1, 0.15) is 65.0 Å². The van der Waals surface area contributed by atoms with Crippen LogP contribution in [0.5, 0.6) is 5.75 Å². The zero-order chi connectivity index (χ0) is 25.7. The van der Waals surface area contributed by atoms with Gasteiger partial charge >= 0.3 is 0 Å². The van der Waals surface area contributed by atoms with Crippen LogP contribution in [0.2, 0.25) is 10.0 Å².